The van der Waals surface area contributed by atoms with Crippen molar-refractivity contribution in [3.05, 3.63) is 62.3 Å². The minimum atomic E-state index is -0.263. The largest absolute Gasteiger partial charge is 0.494 e. The molecule has 1 atom stereocenters. The minimum Gasteiger partial charge on any atom is -0.494 e. The van der Waals surface area contributed by atoms with Gasteiger partial charge < -0.3 is 4.74 Å². The van der Waals surface area contributed by atoms with Gasteiger partial charge in [0.2, 0.25) is 0 Å². The topological polar surface area (TPSA) is 9.23 Å². The molecule has 106 valence electrons. The van der Waals surface area contributed by atoms with Gasteiger partial charge in [0.1, 0.15) is 11.6 Å². The van der Waals surface area contributed by atoms with Gasteiger partial charge in [0, 0.05) is 8.95 Å². The maximum Gasteiger partial charge on any atom is 0.124 e. The van der Waals surface area contributed by atoms with Gasteiger partial charge in [-0.15, -0.1) is 0 Å². The fraction of sp³-hybridized carbons (Fsp3) is 0.200. The summed E-state index contributed by atoms with van der Waals surface area (Å²) >= 11 is 10.5. The molecule has 0 bridgehead atoms. The van der Waals surface area contributed by atoms with Crippen LogP contribution in [0, 0.1) is 5.82 Å². The van der Waals surface area contributed by atoms with Crippen molar-refractivity contribution < 1.29 is 9.13 Å². The lowest BCUT2D eigenvalue weighted by Crippen LogP contribution is -1.97. The number of halogens is 4. The molecule has 1 unspecified atom stereocenters. The molecule has 0 heterocycles. The van der Waals surface area contributed by atoms with Gasteiger partial charge in [-0.05, 0) is 48.4 Å². The highest BCUT2D eigenvalue weighted by Crippen LogP contribution is 2.38. The Morgan fingerprint density at radius 1 is 1.15 bits per heavy atom. The van der Waals surface area contributed by atoms with Gasteiger partial charge in [0.15, 0.2) is 0 Å². The Balaban J connectivity index is 2.35. The quantitative estimate of drug-likeness (QED) is 0.485. The molecule has 0 spiro atoms. The molecule has 0 aromatic heterocycles. The van der Waals surface area contributed by atoms with E-state index in [0.717, 1.165) is 25.8 Å². The summed E-state index contributed by atoms with van der Waals surface area (Å²) in [7, 11) is 0. The van der Waals surface area contributed by atoms with Crippen LogP contribution in [-0.4, -0.2) is 6.61 Å². The van der Waals surface area contributed by atoms with Crippen molar-refractivity contribution in [2.45, 2.75) is 11.8 Å². The van der Waals surface area contributed by atoms with Crippen LogP contribution in [0.3, 0.4) is 0 Å². The van der Waals surface area contributed by atoms with Gasteiger partial charge in [0.05, 0.1) is 11.4 Å². The molecule has 2 rings (SSSR count). The molecule has 0 amide bonds. The Labute approximate surface area is 142 Å². The van der Waals surface area contributed by atoms with Crippen molar-refractivity contribution in [2.24, 2.45) is 0 Å². The molecule has 0 N–H and O–H groups in total. The lowest BCUT2D eigenvalue weighted by Gasteiger charge is -2.14. The first-order valence-electron chi connectivity index (χ1n) is 6.03. The molecule has 2 aromatic rings. The normalized spacial score (nSPS) is 12.2. The number of hydrogen-bond donors (Lipinski definition) is 0. The van der Waals surface area contributed by atoms with E-state index in [-0.39, 0.29) is 10.6 Å². The molecule has 0 aliphatic carbocycles. The smallest absolute Gasteiger partial charge is 0.124 e. The van der Waals surface area contributed by atoms with Crippen LogP contribution in [0.2, 0.25) is 0 Å². The molecule has 20 heavy (non-hydrogen) atoms. The molecule has 0 aliphatic heterocycles. The van der Waals surface area contributed by atoms with E-state index < -0.39 is 0 Å². The summed E-state index contributed by atoms with van der Waals surface area (Å²) < 4.78 is 20.6. The first-order valence-corrected chi connectivity index (χ1v) is 8.53. The van der Waals surface area contributed by atoms with E-state index in [1.165, 1.54) is 12.1 Å². The Hall–Kier alpha value is -0.390. The second-order valence-corrected chi connectivity index (χ2v) is 6.87. The van der Waals surface area contributed by atoms with Crippen LogP contribution in [-0.2, 0) is 0 Å². The Kier molecular flexibility index (Phi) is 5.64. The fourth-order valence-corrected chi connectivity index (χ4v) is 3.91. The monoisotopic (exact) mass is 464 g/mol. The first kappa shape index (κ1) is 16.0. The molecule has 0 saturated heterocycles. The van der Waals surface area contributed by atoms with Crippen molar-refractivity contribution in [3.63, 3.8) is 0 Å². The van der Waals surface area contributed by atoms with Crippen molar-refractivity contribution >= 4 is 47.8 Å². The summed E-state index contributed by atoms with van der Waals surface area (Å²) in [5, 5.41) is 0. The van der Waals surface area contributed by atoms with Gasteiger partial charge in [0.25, 0.3) is 0 Å². The molecule has 0 fully saturated rings. The van der Waals surface area contributed by atoms with E-state index in [1.807, 2.05) is 31.2 Å². The third-order valence-electron chi connectivity index (χ3n) is 2.73. The van der Waals surface area contributed by atoms with Crippen LogP contribution >= 0.6 is 47.8 Å². The highest BCUT2D eigenvalue weighted by molar-refractivity contribution is 9.11. The molecular formula is C15H12Br3FO. The number of benzene rings is 2. The number of alkyl halides is 1. The number of rotatable bonds is 4. The van der Waals surface area contributed by atoms with E-state index in [0.29, 0.717) is 6.61 Å². The van der Waals surface area contributed by atoms with Gasteiger partial charge in [-0.2, -0.15) is 0 Å². The average molecular weight is 467 g/mol. The fourth-order valence-electron chi connectivity index (χ4n) is 1.87. The van der Waals surface area contributed by atoms with Crippen molar-refractivity contribution in [3.8, 4) is 5.75 Å². The standard InChI is InChI=1S/C15H12Br3FO/c1-2-20-12-3-4-13(14(17)8-12)15(18)9-5-10(16)7-11(19)6-9/h3-8,15H,2H2,1H3. The average Bonchev–Trinajstić information content (AvgIpc) is 2.37. The van der Waals surface area contributed by atoms with Crippen molar-refractivity contribution in [2.75, 3.05) is 6.61 Å². The second-order valence-electron chi connectivity index (χ2n) is 4.18. The van der Waals surface area contributed by atoms with Crippen molar-refractivity contribution in [1.29, 1.82) is 0 Å². The highest BCUT2D eigenvalue weighted by Gasteiger charge is 2.15. The molecule has 2 aromatic carbocycles. The summed E-state index contributed by atoms with van der Waals surface area (Å²) in [6.07, 6.45) is 0. The van der Waals surface area contributed by atoms with E-state index in [2.05, 4.69) is 47.8 Å². The zero-order chi connectivity index (χ0) is 14.7. The third-order valence-corrected chi connectivity index (χ3v) is 4.90. The lowest BCUT2D eigenvalue weighted by molar-refractivity contribution is 0.340. The third kappa shape index (κ3) is 3.83. The van der Waals surface area contributed by atoms with Crippen LogP contribution in [0.15, 0.2) is 45.3 Å². The molecule has 0 saturated carbocycles. The Bertz CT molecular complexity index is 596. The molecule has 0 aliphatic rings. The summed E-state index contributed by atoms with van der Waals surface area (Å²) in [5.41, 5.74) is 1.87. The van der Waals surface area contributed by atoms with Crippen LogP contribution in [0.25, 0.3) is 0 Å². The predicted octanol–water partition coefficient (Wildman–Crippen LogP) is 6.23. The minimum absolute atomic E-state index is 0.0976. The molecule has 0 radical (unpaired) electrons. The maximum atomic E-state index is 13.5. The molecule has 1 nitrogen and oxygen atoms in total. The van der Waals surface area contributed by atoms with Crippen molar-refractivity contribution in [1.82, 2.24) is 0 Å². The van der Waals surface area contributed by atoms with E-state index in [4.69, 9.17) is 4.74 Å². The van der Waals surface area contributed by atoms with Gasteiger partial charge in [-0.3, -0.25) is 0 Å². The lowest BCUT2D eigenvalue weighted by atomic mass is 10.0. The van der Waals surface area contributed by atoms with Gasteiger partial charge in [-0.1, -0.05) is 53.9 Å². The van der Waals surface area contributed by atoms with Crippen LogP contribution in [0.5, 0.6) is 5.75 Å². The number of ether oxygens (including phenoxy) is 1. The summed E-state index contributed by atoms with van der Waals surface area (Å²) in [6.45, 7) is 2.57. The van der Waals surface area contributed by atoms with Gasteiger partial charge >= 0.3 is 0 Å². The van der Waals surface area contributed by atoms with E-state index in [1.54, 1.807) is 0 Å². The highest BCUT2D eigenvalue weighted by atomic mass is 79.9. The van der Waals surface area contributed by atoms with E-state index in [9.17, 15) is 4.39 Å². The summed E-state index contributed by atoms with van der Waals surface area (Å²) in [5.74, 6) is 0.545. The maximum absolute atomic E-state index is 13.5. The summed E-state index contributed by atoms with van der Waals surface area (Å²) in [6, 6.07) is 10.6. The Morgan fingerprint density at radius 3 is 2.50 bits per heavy atom. The predicted molar refractivity (Wildman–Crippen MR) is 90.2 cm³/mol. The van der Waals surface area contributed by atoms with Crippen LogP contribution in [0.4, 0.5) is 4.39 Å². The van der Waals surface area contributed by atoms with Crippen LogP contribution < -0.4 is 4.74 Å². The second kappa shape index (κ2) is 7.05. The zero-order valence-electron chi connectivity index (χ0n) is 10.7. The Morgan fingerprint density at radius 2 is 1.90 bits per heavy atom. The molecule has 5 heteroatoms. The summed E-state index contributed by atoms with van der Waals surface area (Å²) in [4.78, 5) is -0.0976. The number of hydrogen-bond acceptors (Lipinski definition) is 1. The van der Waals surface area contributed by atoms with Gasteiger partial charge in [-0.25, -0.2) is 4.39 Å². The SMILES string of the molecule is CCOc1ccc(C(Br)c2cc(F)cc(Br)c2)c(Br)c1. The molecular weight excluding hydrogens is 455 g/mol. The van der Waals surface area contributed by atoms with E-state index >= 15 is 0 Å². The van der Waals surface area contributed by atoms with Crippen LogP contribution in [0.1, 0.15) is 22.9 Å². The first-order chi connectivity index (χ1) is 9.51. The zero-order valence-corrected chi connectivity index (χ0v) is 15.4.